The van der Waals surface area contributed by atoms with Crippen LogP contribution in [0.1, 0.15) is 11.1 Å². The van der Waals surface area contributed by atoms with Crippen molar-refractivity contribution in [3.8, 4) is 0 Å². The van der Waals surface area contributed by atoms with Gasteiger partial charge in [0.25, 0.3) is 0 Å². The van der Waals surface area contributed by atoms with Crippen LogP contribution in [-0.2, 0) is 16.4 Å². The minimum absolute atomic E-state index is 0.172. The van der Waals surface area contributed by atoms with Crippen molar-refractivity contribution in [3.63, 3.8) is 0 Å². The van der Waals surface area contributed by atoms with Gasteiger partial charge < -0.3 is 0 Å². The topological polar surface area (TPSA) is 73.1 Å². The Bertz CT molecular complexity index is 680. The van der Waals surface area contributed by atoms with Gasteiger partial charge in [-0.1, -0.05) is 36.4 Å². The number of allylic oxidation sites excluding steroid dienone is 1. The Hall–Kier alpha value is -1.98. The first-order valence-electron chi connectivity index (χ1n) is 5.74. The summed E-state index contributed by atoms with van der Waals surface area (Å²) in [4.78, 5) is 4.17. The monoisotopic (exact) mass is 274 g/mol. The van der Waals surface area contributed by atoms with Crippen molar-refractivity contribution in [2.45, 2.75) is 11.3 Å². The van der Waals surface area contributed by atoms with Crippen molar-refractivity contribution in [2.75, 3.05) is 0 Å². The molecule has 2 N–H and O–H groups in total. The molecular formula is C14H14N2O2S. The number of nitrogens with zero attached hydrogens (tertiary/aromatic N) is 1. The van der Waals surface area contributed by atoms with E-state index < -0.39 is 10.0 Å². The van der Waals surface area contributed by atoms with E-state index in [1.807, 2.05) is 24.3 Å². The second kappa shape index (κ2) is 5.77. The number of sulfonamides is 1. The highest BCUT2D eigenvalue weighted by Crippen LogP contribution is 2.15. The quantitative estimate of drug-likeness (QED) is 0.926. The zero-order valence-corrected chi connectivity index (χ0v) is 11.0. The van der Waals surface area contributed by atoms with Crippen molar-refractivity contribution in [3.05, 3.63) is 66.0 Å². The molecule has 1 aromatic heterocycles. The van der Waals surface area contributed by atoms with Crippen LogP contribution < -0.4 is 5.14 Å². The lowest BCUT2D eigenvalue weighted by Gasteiger charge is -2.04. The lowest BCUT2D eigenvalue weighted by molar-refractivity contribution is 0.597. The number of rotatable bonds is 4. The minimum atomic E-state index is -3.67. The second-order valence-corrected chi connectivity index (χ2v) is 5.58. The van der Waals surface area contributed by atoms with Gasteiger partial charge in [0.1, 0.15) is 0 Å². The lowest BCUT2D eigenvalue weighted by atomic mass is 10.1. The van der Waals surface area contributed by atoms with Gasteiger partial charge in [-0.3, -0.25) is 4.98 Å². The molecular weight excluding hydrogens is 260 g/mol. The molecule has 0 aliphatic carbocycles. The number of benzene rings is 1. The minimum Gasteiger partial charge on any atom is -0.264 e. The summed E-state index contributed by atoms with van der Waals surface area (Å²) < 4.78 is 22.9. The average molecular weight is 274 g/mol. The van der Waals surface area contributed by atoms with Crippen LogP contribution in [0.3, 0.4) is 0 Å². The Balaban J connectivity index is 2.19. The summed E-state index contributed by atoms with van der Waals surface area (Å²) in [5.74, 6) is 0. The average Bonchev–Trinajstić information content (AvgIpc) is 2.39. The molecule has 0 atom stereocenters. The summed E-state index contributed by atoms with van der Waals surface area (Å²) in [5.41, 5.74) is 1.65. The normalized spacial score (nSPS) is 11.8. The summed E-state index contributed by atoms with van der Waals surface area (Å²) in [6.45, 7) is 0. The molecule has 0 saturated heterocycles. The molecule has 0 spiro atoms. The van der Waals surface area contributed by atoms with E-state index in [9.17, 15) is 8.42 Å². The summed E-state index contributed by atoms with van der Waals surface area (Å²) in [6.07, 6.45) is 7.73. The van der Waals surface area contributed by atoms with Gasteiger partial charge in [-0.2, -0.15) is 0 Å². The molecule has 1 heterocycles. The molecule has 2 rings (SSSR count). The lowest BCUT2D eigenvalue weighted by Crippen LogP contribution is -2.14. The smallest absolute Gasteiger partial charge is 0.238 e. The molecule has 4 nitrogen and oxygen atoms in total. The molecule has 0 unspecified atom stereocenters. The maximum atomic E-state index is 11.4. The molecule has 0 fully saturated rings. The van der Waals surface area contributed by atoms with Gasteiger partial charge in [0, 0.05) is 12.4 Å². The number of pyridine rings is 1. The third kappa shape index (κ3) is 3.74. The molecule has 0 radical (unpaired) electrons. The third-order valence-corrected chi connectivity index (χ3v) is 3.62. The van der Waals surface area contributed by atoms with Gasteiger partial charge in [-0.05, 0) is 29.7 Å². The third-order valence-electron chi connectivity index (χ3n) is 2.61. The summed E-state index contributed by atoms with van der Waals surface area (Å²) in [7, 11) is -3.67. The zero-order chi connectivity index (χ0) is 13.7. The van der Waals surface area contributed by atoms with E-state index >= 15 is 0 Å². The second-order valence-electron chi connectivity index (χ2n) is 4.05. The zero-order valence-electron chi connectivity index (χ0n) is 10.2. The SMILES string of the molecule is NS(=O)(=O)c1ccccc1C/C=C/c1cccnc1. The number of hydrogen-bond acceptors (Lipinski definition) is 3. The molecule has 98 valence electrons. The van der Waals surface area contributed by atoms with Gasteiger partial charge in [-0.25, -0.2) is 13.6 Å². The van der Waals surface area contributed by atoms with E-state index in [4.69, 9.17) is 5.14 Å². The molecule has 0 aliphatic heterocycles. The summed E-state index contributed by atoms with van der Waals surface area (Å²) >= 11 is 0. The Morgan fingerprint density at radius 3 is 2.63 bits per heavy atom. The molecule has 0 bridgehead atoms. The van der Waals surface area contributed by atoms with Crippen molar-refractivity contribution >= 4 is 16.1 Å². The van der Waals surface area contributed by atoms with Crippen LogP contribution in [0.25, 0.3) is 6.08 Å². The van der Waals surface area contributed by atoms with E-state index in [2.05, 4.69) is 4.98 Å². The van der Waals surface area contributed by atoms with Gasteiger partial charge in [0.2, 0.25) is 10.0 Å². The van der Waals surface area contributed by atoms with Crippen LogP contribution in [0.4, 0.5) is 0 Å². The highest BCUT2D eigenvalue weighted by atomic mass is 32.2. The van der Waals surface area contributed by atoms with E-state index in [0.29, 0.717) is 12.0 Å². The largest absolute Gasteiger partial charge is 0.264 e. The maximum Gasteiger partial charge on any atom is 0.238 e. The number of primary sulfonamides is 1. The Morgan fingerprint density at radius 2 is 1.95 bits per heavy atom. The molecule has 0 aliphatic rings. The first-order chi connectivity index (χ1) is 9.07. The summed E-state index contributed by atoms with van der Waals surface area (Å²) in [5, 5.41) is 5.18. The Kier molecular flexibility index (Phi) is 4.09. The molecule has 19 heavy (non-hydrogen) atoms. The fourth-order valence-electron chi connectivity index (χ4n) is 1.75. The van der Waals surface area contributed by atoms with Gasteiger partial charge in [-0.15, -0.1) is 0 Å². The van der Waals surface area contributed by atoms with Crippen LogP contribution in [0.5, 0.6) is 0 Å². The molecule has 0 amide bonds. The van der Waals surface area contributed by atoms with Crippen LogP contribution >= 0.6 is 0 Å². The van der Waals surface area contributed by atoms with Crippen LogP contribution in [0, 0.1) is 0 Å². The van der Waals surface area contributed by atoms with Crippen LogP contribution in [-0.4, -0.2) is 13.4 Å². The van der Waals surface area contributed by atoms with E-state index in [1.165, 1.54) is 6.07 Å². The first-order valence-corrected chi connectivity index (χ1v) is 7.29. The fourth-order valence-corrected chi connectivity index (χ4v) is 2.53. The number of aromatic nitrogens is 1. The summed E-state index contributed by atoms with van der Waals surface area (Å²) in [6, 6.07) is 10.5. The molecule has 1 aromatic carbocycles. The standard InChI is InChI=1S/C14H14N2O2S/c15-19(17,18)14-9-2-1-7-13(14)8-3-5-12-6-4-10-16-11-12/h1-7,9-11H,8H2,(H2,15,17,18)/b5-3+. The van der Waals surface area contributed by atoms with Gasteiger partial charge in [0.05, 0.1) is 4.90 Å². The van der Waals surface area contributed by atoms with E-state index in [0.717, 1.165) is 5.56 Å². The van der Waals surface area contributed by atoms with Gasteiger partial charge in [0.15, 0.2) is 0 Å². The van der Waals surface area contributed by atoms with Crippen molar-refractivity contribution in [1.29, 1.82) is 0 Å². The van der Waals surface area contributed by atoms with Crippen LogP contribution in [0.15, 0.2) is 59.8 Å². The molecule has 0 saturated carbocycles. The number of hydrogen-bond donors (Lipinski definition) is 1. The predicted molar refractivity (Wildman–Crippen MR) is 74.8 cm³/mol. The molecule has 2 aromatic rings. The Labute approximate surface area is 112 Å². The van der Waals surface area contributed by atoms with Crippen molar-refractivity contribution in [2.24, 2.45) is 5.14 Å². The highest BCUT2D eigenvalue weighted by molar-refractivity contribution is 7.89. The van der Waals surface area contributed by atoms with Crippen molar-refractivity contribution < 1.29 is 8.42 Å². The highest BCUT2D eigenvalue weighted by Gasteiger charge is 2.11. The van der Waals surface area contributed by atoms with Crippen molar-refractivity contribution in [1.82, 2.24) is 4.98 Å². The first kappa shape index (κ1) is 13.5. The fraction of sp³-hybridized carbons (Fsp3) is 0.0714. The molecule has 5 heteroatoms. The maximum absolute atomic E-state index is 11.4. The van der Waals surface area contributed by atoms with E-state index in [1.54, 1.807) is 30.6 Å². The Morgan fingerprint density at radius 1 is 1.16 bits per heavy atom. The number of nitrogens with two attached hydrogens (primary N) is 1. The van der Waals surface area contributed by atoms with Crippen LogP contribution in [0.2, 0.25) is 0 Å². The predicted octanol–water partition coefficient (Wildman–Crippen LogP) is 1.98. The van der Waals surface area contributed by atoms with Gasteiger partial charge >= 0.3 is 0 Å². The van der Waals surface area contributed by atoms with E-state index in [-0.39, 0.29) is 4.90 Å².